The number of benzene rings is 2. The third kappa shape index (κ3) is 7.36. The van der Waals surface area contributed by atoms with E-state index in [0.29, 0.717) is 26.3 Å². The van der Waals surface area contributed by atoms with E-state index >= 15 is 0 Å². The highest BCUT2D eigenvalue weighted by Crippen LogP contribution is 2.23. The van der Waals surface area contributed by atoms with Crippen LogP contribution in [-0.4, -0.2) is 58.3 Å². The summed E-state index contributed by atoms with van der Waals surface area (Å²) in [5, 5.41) is 15.9. The summed E-state index contributed by atoms with van der Waals surface area (Å²) in [7, 11) is 0. The third-order valence-corrected chi connectivity index (χ3v) is 6.57. The molecule has 9 nitrogen and oxygen atoms in total. The highest BCUT2D eigenvalue weighted by atomic mass is 16.5. The van der Waals surface area contributed by atoms with Gasteiger partial charge in [0.25, 0.3) is 0 Å². The number of hydrogen-bond donors (Lipinski definition) is 3. The first-order valence-corrected chi connectivity index (χ1v) is 13.1. The molecule has 204 valence electrons. The van der Waals surface area contributed by atoms with E-state index in [2.05, 4.69) is 40.5 Å². The lowest BCUT2D eigenvalue weighted by atomic mass is 10.1. The molecule has 0 saturated carbocycles. The topological polar surface area (TPSA) is 115 Å². The molecule has 0 aliphatic carbocycles. The number of para-hydroxylation sites is 1. The Kier molecular flexibility index (Phi) is 9.53. The average molecular weight is 531 g/mol. The number of rotatable bonds is 14. The number of hydrogen-bond acceptors (Lipinski definition) is 4. The van der Waals surface area contributed by atoms with E-state index in [0.717, 1.165) is 17.5 Å². The van der Waals surface area contributed by atoms with Crippen LogP contribution in [0.4, 0.5) is 0 Å². The van der Waals surface area contributed by atoms with E-state index in [1.54, 1.807) is 17.0 Å². The normalized spacial score (nSPS) is 11.8. The van der Waals surface area contributed by atoms with Crippen molar-refractivity contribution in [3.05, 3.63) is 84.8 Å². The standard InChI is InChI=1S/C30H34N4O5/c1-2-22-20-34(26-11-7-6-10-25(22)26)15-17-39-16-13-31-28(35)19-32-30(38)27(18-29(36)37)33-14-12-24(21-33)23-8-4-3-5-9-23/h3-12,14,20-21,27H,2,13,15-19H2,1H3,(H,31,35)(H,32,38)(H,36,37)/t27-/m1/s1. The number of carbonyl (C=O) groups excluding carboxylic acids is 2. The van der Waals surface area contributed by atoms with Crippen molar-refractivity contribution in [3.63, 3.8) is 0 Å². The molecular formula is C30H34N4O5. The van der Waals surface area contributed by atoms with Gasteiger partial charge in [0, 0.05) is 42.6 Å². The zero-order valence-corrected chi connectivity index (χ0v) is 22.0. The van der Waals surface area contributed by atoms with Crippen molar-refractivity contribution in [1.82, 2.24) is 19.8 Å². The van der Waals surface area contributed by atoms with Crippen molar-refractivity contribution in [1.29, 1.82) is 0 Å². The molecule has 4 rings (SSSR count). The molecule has 39 heavy (non-hydrogen) atoms. The van der Waals surface area contributed by atoms with Gasteiger partial charge in [-0.05, 0) is 35.2 Å². The smallest absolute Gasteiger partial charge is 0.306 e. The van der Waals surface area contributed by atoms with Crippen LogP contribution in [0.15, 0.2) is 79.3 Å². The fourth-order valence-corrected chi connectivity index (χ4v) is 4.57. The van der Waals surface area contributed by atoms with Gasteiger partial charge in [-0.2, -0.15) is 0 Å². The van der Waals surface area contributed by atoms with Crippen molar-refractivity contribution < 1.29 is 24.2 Å². The molecule has 9 heteroatoms. The molecule has 2 aromatic heterocycles. The number of aryl methyl sites for hydroxylation is 1. The largest absolute Gasteiger partial charge is 0.481 e. The summed E-state index contributed by atoms with van der Waals surface area (Å²) in [4.78, 5) is 36.5. The summed E-state index contributed by atoms with van der Waals surface area (Å²) in [6, 6.07) is 18.7. The Morgan fingerprint density at radius 2 is 1.69 bits per heavy atom. The quantitative estimate of drug-likeness (QED) is 0.215. The van der Waals surface area contributed by atoms with Gasteiger partial charge >= 0.3 is 5.97 Å². The molecule has 0 bridgehead atoms. The molecule has 1 atom stereocenters. The lowest BCUT2D eigenvalue weighted by Gasteiger charge is -2.17. The van der Waals surface area contributed by atoms with Gasteiger partial charge in [-0.1, -0.05) is 55.5 Å². The molecule has 0 saturated heterocycles. The Balaban J connectivity index is 1.19. The van der Waals surface area contributed by atoms with Crippen molar-refractivity contribution in [2.24, 2.45) is 0 Å². The second-order valence-corrected chi connectivity index (χ2v) is 9.23. The van der Waals surface area contributed by atoms with E-state index < -0.39 is 24.3 Å². The lowest BCUT2D eigenvalue weighted by Crippen LogP contribution is -2.41. The Morgan fingerprint density at radius 3 is 2.46 bits per heavy atom. The molecule has 0 radical (unpaired) electrons. The van der Waals surface area contributed by atoms with Gasteiger partial charge in [-0.25, -0.2) is 0 Å². The van der Waals surface area contributed by atoms with Crippen LogP contribution in [0.3, 0.4) is 0 Å². The molecule has 0 spiro atoms. The van der Waals surface area contributed by atoms with Crippen molar-refractivity contribution >= 4 is 28.7 Å². The summed E-state index contributed by atoms with van der Waals surface area (Å²) < 4.78 is 9.44. The SMILES string of the molecule is CCc1cn(CCOCCNC(=O)CNC(=O)[C@@H](CC(=O)O)n2ccc(-c3ccccc3)c2)c2ccccc12. The van der Waals surface area contributed by atoms with E-state index in [1.165, 1.54) is 16.5 Å². The number of nitrogens with one attached hydrogen (secondary N) is 2. The molecule has 2 aromatic carbocycles. The highest BCUT2D eigenvalue weighted by Gasteiger charge is 2.24. The summed E-state index contributed by atoms with van der Waals surface area (Å²) >= 11 is 0. The zero-order chi connectivity index (χ0) is 27.6. The number of carboxylic acid groups (broad SMARTS) is 1. The molecule has 0 unspecified atom stereocenters. The summed E-state index contributed by atoms with van der Waals surface area (Å²) in [5.74, 6) is -2.02. The maximum Gasteiger partial charge on any atom is 0.306 e. The fraction of sp³-hybridized carbons (Fsp3) is 0.300. The van der Waals surface area contributed by atoms with Crippen LogP contribution in [0.25, 0.3) is 22.0 Å². The van der Waals surface area contributed by atoms with Crippen LogP contribution in [0, 0.1) is 0 Å². The monoisotopic (exact) mass is 530 g/mol. The van der Waals surface area contributed by atoms with Crippen molar-refractivity contribution in [3.8, 4) is 11.1 Å². The second-order valence-electron chi connectivity index (χ2n) is 9.23. The molecule has 0 aliphatic heterocycles. The van der Waals surface area contributed by atoms with Gasteiger partial charge < -0.3 is 29.6 Å². The van der Waals surface area contributed by atoms with E-state index in [1.807, 2.05) is 48.5 Å². The number of aliphatic carboxylic acids is 1. The zero-order valence-electron chi connectivity index (χ0n) is 22.0. The van der Waals surface area contributed by atoms with Gasteiger partial charge in [-0.15, -0.1) is 0 Å². The number of fused-ring (bicyclic) bond motifs is 1. The summed E-state index contributed by atoms with van der Waals surface area (Å²) in [6.45, 7) is 3.75. The minimum Gasteiger partial charge on any atom is -0.481 e. The van der Waals surface area contributed by atoms with E-state index in [4.69, 9.17) is 4.74 Å². The van der Waals surface area contributed by atoms with Gasteiger partial charge in [0.05, 0.1) is 26.2 Å². The predicted molar refractivity (Wildman–Crippen MR) is 149 cm³/mol. The number of carboxylic acids is 1. The van der Waals surface area contributed by atoms with Gasteiger partial charge in [0.2, 0.25) is 11.8 Å². The van der Waals surface area contributed by atoms with Crippen molar-refractivity contribution in [2.45, 2.75) is 32.4 Å². The summed E-state index contributed by atoms with van der Waals surface area (Å²) in [6.07, 6.45) is 6.13. The van der Waals surface area contributed by atoms with Crippen molar-refractivity contribution in [2.75, 3.05) is 26.3 Å². The van der Waals surface area contributed by atoms with Gasteiger partial charge in [-0.3, -0.25) is 14.4 Å². The van der Waals surface area contributed by atoms with E-state index in [-0.39, 0.29) is 12.5 Å². The Morgan fingerprint density at radius 1 is 0.923 bits per heavy atom. The van der Waals surface area contributed by atoms with Crippen LogP contribution in [0.1, 0.15) is 24.9 Å². The molecule has 2 amide bonds. The lowest BCUT2D eigenvalue weighted by molar-refractivity contribution is -0.140. The number of nitrogens with zero attached hydrogens (tertiary/aromatic N) is 2. The number of ether oxygens (including phenoxy) is 1. The Bertz CT molecular complexity index is 1410. The van der Waals surface area contributed by atoms with Crippen LogP contribution in [0.2, 0.25) is 0 Å². The number of aromatic nitrogens is 2. The fourth-order valence-electron chi connectivity index (χ4n) is 4.57. The molecule has 2 heterocycles. The highest BCUT2D eigenvalue weighted by molar-refractivity contribution is 5.89. The maximum absolute atomic E-state index is 12.8. The minimum atomic E-state index is -1.11. The first kappa shape index (κ1) is 27.7. The Labute approximate surface area is 227 Å². The maximum atomic E-state index is 12.8. The first-order chi connectivity index (χ1) is 19.0. The molecule has 4 aromatic rings. The molecular weight excluding hydrogens is 496 g/mol. The van der Waals surface area contributed by atoms with Gasteiger partial charge in [0.1, 0.15) is 6.04 Å². The van der Waals surface area contributed by atoms with Crippen LogP contribution >= 0.6 is 0 Å². The Hall–Kier alpha value is -4.37. The summed E-state index contributed by atoms with van der Waals surface area (Å²) in [5.41, 5.74) is 4.31. The minimum absolute atomic E-state index is 0.253. The number of amides is 2. The van der Waals surface area contributed by atoms with Crippen LogP contribution < -0.4 is 10.6 Å². The third-order valence-electron chi connectivity index (χ3n) is 6.57. The molecule has 3 N–H and O–H groups in total. The first-order valence-electron chi connectivity index (χ1n) is 13.1. The van der Waals surface area contributed by atoms with Gasteiger partial charge in [0.15, 0.2) is 0 Å². The molecule has 0 fully saturated rings. The van der Waals surface area contributed by atoms with E-state index in [9.17, 15) is 19.5 Å². The van der Waals surface area contributed by atoms with Crippen LogP contribution in [0.5, 0.6) is 0 Å². The average Bonchev–Trinajstić information content (AvgIpc) is 3.58. The molecule has 0 aliphatic rings. The predicted octanol–water partition coefficient (Wildman–Crippen LogP) is 3.64. The van der Waals surface area contributed by atoms with Crippen LogP contribution in [-0.2, 0) is 32.1 Å². The number of carbonyl (C=O) groups is 3. The second kappa shape index (κ2) is 13.4.